The van der Waals surface area contributed by atoms with Crippen LogP contribution < -0.4 is 0 Å². The molecular weight excluding hydrogens is 359 g/mol. The van der Waals surface area contributed by atoms with Crippen molar-refractivity contribution in [3.05, 3.63) is 0 Å². The topological polar surface area (TPSA) is 37.3 Å². The molecule has 1 N–H and O–H groups in total. The molecule has 0 amide bonds. The Labute approximate surface area is 100 Å². The van der Waals surface area contributed by atoms with Crippen LogP contribution in [-0.4, -0.2) is 38.4 Å². The molecule has 1 aliphatic carbocycles. The number of hydrogen-bond donors (Lipinski definition) is 1. The molecule has 1 rings (SSSR count). The van der Waals surface area contributed by atoms with Gasteiger partial charge in [0.25, 0.3) is 0 Å². The summed E-state index contributed by atoms with van der Waals surface area (Å²) in [5.41, 5.74) is 0. The zero-order valence-corrected chi connectivity index (χ0v) is 13.8. The predicted molar refractivity (Wildman–Crippen MR) is 56.6 cm³/mol. The monoisotopic (exact) mass is 380 g/mol. The van der Waals surface area contributed by atoms with Gasteiger partial charge < -0.3 is 5.11 Å². The van der Waals surface area contributed by atoms with Crippen LogP contribution in [0, 0.1) is 5.92 Å². The van der Waals surface area contributed by atoms with Gasteiger partial charge in [-0.05, 0) is 18.8 Å². The van der Waals surface area contributed by atoms with E-state index in [1.54, 1.807) is 0 Å². The first kappa shape index (κ1) is 13.4. The second-order valence-corrected chi connectivity index (χ2v) is 3.79. The first-order valence-electron chi connectivity index (χ1n) is 5.01. The average molecular weight is 379 g/mol. The Morgan fingerprint density at radius 2 is 1.85 bits per heavy atom. The van der Waals surface area contributed by atoms with Gasteiger partial charge in [-0.25, -0.2) is 0 Å². The van der Waals surface area contributed by atoms with Crippen LogP contribution in [0.15, 0.2) is 0 Å². The molecule has 0 aromatic heterocycles. The molecule has 3 heteroatoms. The van der Waals surface area contributed by atoms with Gasteiger partial charge in [0.1, 0.15) is 0 Å². The fraction of sp³-hybridized carbons (Fsp3) is 0.900. The van der Waals surface area contributed by atoms with Crippen molar-refractivity contribution in [2.24, 2.45) is 5.92 Å². The molecule has 1 aliphatic rings. The number of aliphatic carboxylic acids is 1. The molecule has 2 radical (unpaired) electrons. The molecule has 0 atom stereocenters. The number of carboxylic acids is 1. The summed E-state index contributed by atoms with van der Waals surface area (Å²) < 4.78 is 0. The van der Waals surface area contributed by atoms with Crippen LogP contribution in [0.2, 0.25) is 0 Å². The fourth-order valence-electron chi connectivity index (χ4n) is 2.02. The summed E-state index contributed by atoms with van der Waals surface area (Å²) in [5.74, 6) is 0.184. The van der Waals surface area contributed by atoms with Crippen molar-refractivity contribution in [1.29, 1.82) is 0 Å². The third-order valence-electron chi connectivity index (χ3n) is 2.73. The van der Waals surface area contributed by atoms with Crippen molar-refractivity contribution in [1.82, 2.24) is 0 Å². The van der Waals surface area contributed by atoms with Crippen LogP contribution >= 0.6 is 0 Å². The van der Waals surface area contributed by atoms with Gasteiger partial charge in [-0.2, -0.15) is 0 Å². The van der Waals surface area contributed by atoms with E-state index >= 15 is 0 Å². The van der Waals surface area contributed by atoms with E-state index in [4.69, 9.17) is 5.11 Å². The molecule has 0 aliphatic heterocycles. The molecule has 1 saturated carbocycles. The van der Waals surface area contributed by atoms with Gasteiger partial charge in [0.15, 0.2) is 0 Å². The molecule has 0 aromatic carbocycles. The van der Waals surface area contributed by atoms with E-state index in [1.165, 1.54) is 32.1 Å². The molecule has 0 spiro atoms. The first-order valence-corrected chi connectivity index (χ1v) is 5.01. The second-order valence-electron chi connectivity index (χ2n) is 3.79. The molecule has 0 unspecified atom stereocenters. The number of carbonyl (C=O) groups is 1. The minimum atomic E-state index is -0.647. The van der Waals surface area contributed by atoms with Crippen LogP contribution in [0.4, 0.5) is 0 Å². The van der Waals surface area contributed by atoms with Gasteiger partial charge in [-0.15, -0.1) is 0 Å². The summed E-state index contributed by atoms with van der Waals surface area (Å²) in [6.45, 7) is 0. The Balaban J connectivity index is 0.00000144. The zero-order chi connectivity index (χ0) is 8.81. The zero-order valence-electron chi connectivity index (χ0n) is 8.30. The number of carboxylic acid groups (broad SMARTS) is 1. The number of rotatable bonds is 4. The van der Waals surface area contributed by atoms with Crippen molar-refractivity contribution < 1.29 is 9.90 Å². The molecule has 76 valence electrons. The first-order chi connectivity index (χ1) is 5.79. The average Bonchev–Trinajstić information content (AvgIpc) is 2.05. The fourth-order valence-corrected chi connectivity index (χ4v) is 2.02. The second kappa shape index (κ2) is 7.76. The van der Waals surface area contributed by atoms with Gasteiger partial charge in [0.2, 0.25) is 0 Å². The van der Waals surface area contributed by atoms with E-state index < -0.39 is 5.97 Å². The maximum atomic E-state index is 10.2. The van der Waals surface area contributed by atoms with E-state index in [9.17, 15) is 4.79 Å². The van der Waals surface area contributed by atoms with Crippen molar-refractivity contribution in [2.75, 3.05) is 0 Å². The van der Waals surface area contributed by atoms with Crippen molar-refractivity contribution >= 4 is 33.3 Å². The molecular formula is C10H20O2Pb. The Morgan fingerprint density at radius 1 is 1.23 bits per heavy atom. The molecule has 0 saturated heterocycles. The summed E-state index contributed by atoms with van der Waals surface area (Å²) in [7, 11) is 0. The minimum absolute atomic E-state index is 0. The van der Waals surface area contributed by atoms with Crippen LogP contribution in [0.3, 0.4) is 0 Å². The Hall–Kier alpha value is 0.392. The summed E-state index contributed by atoms with van der Waals surface area (Å²) in [6.07, 6.45) is 9.13. The Kier molecular flexibility index (Phi) is 8.00. The van der Waals surface area contributed by atoms with Crippen molar-refractivity contribution in [2.45, 2.75) is 51.4 Å². The van der Waals surface area contributed by atoms with Crippen molar-refractivity contribution in [3.63, 3.8) is 0 Å². The third kappa shape index (κ3) is 6.46. The van der Waals surface area contributed by atoms with Crippen LogP contribution in [0.1, 0.15) is 51.4 Å². The number of hydrogen-bond acceptors (Lipinski definition) is 1. The van der Waals surface area contributed by atoms with Crippen LogP contribution in [0.25, 0.3) is 0 Å². The SMILES string of the molecule is O=C(O)CCCC1CCCCC1.[PbH2]. The van der Waals surface area contributed by atoms with Crippen LogP contribution in [-0.2, 0) is 4.79 Å². The van der Waals surface area contributed by atoms with Crippen molar-refractivity contribution in [3.8, 4) is 0 Å². The molecule has 0 heterocycles. The van der Waals surface area contributed by atoms with E-state index in [2.05, 4.69) is 0 Å². The molecule has 0 aromatic rings. The summed E-state index contributed by atoms with van der Waals surface area (Å²) in [4.78, 5) is 10.2. The standard InChI is InChI=1S/C10H18O2.Pb.2H/c11-10(12)8-4-7-9-5-2-1-3-6-9;;;/h9H,1-8H2,(H,11,12);;;. The Morgan fingerprint density at radius 3 is 2.38 bits per heavy atom. The van der Waals surface area contributed by atoms with Crippen LogP contribution in [0.5, 0.6) is 0 Å². The van der Waals surface area contributed by atoms with E-state index in [-0.39, 0.29) is 27.3 Å². The molecule has 13 heavy (non-hydrogen) atoms. The summed E-state index contributed by atoms with van der Waals surface area (Å²) in [5, 5.41) is 8.44. The normalized spacial score (nSPS) is 17.8. The molecule has 0 bridgehead atoms. The summed E-state index contributed by atoms with van der Waals surface area (Å²) in [6, 6.07) is 0. The molecule has 2 nitrogen and oxygen atoms in total. The quantitative estimate of drug-likeness (QED) is 0.758. The van der Waals surface area contributed by atoms with E-state index in [0.29, 0.717) is 6.42 Å². The van der Waals surface area contributed by atoms with E-state index in [1.807, 2.05) is 0 Å². The van der Waals surface area contributed by atoms with Gasteiger partial charge in [0.05, 0.1) is 0 Å². The van der Waals surface area contributed by atoms with Gasteiger partial charge >= 0.3 is 33.3 Å². The Bertz CT molecular complexity index is 142. The van der Waals surface area contributed by atoms with Gasteiger partial charge in [-0.3, -0.25) is 4.79 Å². The maximum absolute atomic E-state index is 10.2. The van der Waals surface area contributed by atoms with Gasteiger partial charge in [-0.1, -0.05) is 32.1 Å². The van der Waals surface area contributed by atoms with Gasteiger partial charge in [0, 0.05) is 6.42 Å². The van der Waals surface area contributed by atoms with E-state index in [0.717, 1.165) is 18.8 Å². The third-order valence-corrected chi connectivity index (χ3v) is 2.73. The predicted octanol–water partition coefficient (Wildman–Crippen LogP) is 1.91. The summed E-state index contributed by atoms with van der Waals surface area (Å²) >= 11 is 0. The molecule has 1 fully saturated rings.